The molecule has 0 bridgehead atoms. The monoisotopic (exact) mass is 289 g/mol. The fourth-order valence-corrected chi connectivity index (χ4v) is 2.74. The van der Waals surface area contributed by atoms with Crippen LogP contribution < -0.4 is 5.73 Å². The highest BCUT2D eigenvalue weighted by atomic mass is 19.1. The Kier molecular flexibility index (Phi) is 3.42. The molecule has 110 valence electrons. The van der Waals surface area contributed by atoms with E-state index in [1.54, 1.807) is 12.1 Å². The van der Waals surface area contributed by atoms with Crippen LogP contribution in [0.4, 0.5) is 4.39 Å². The molecule has 21 heavy (non-hydrogen) atoms. The van der Waals surface area contributed by atoms with Crippen LogP contribution in [0.2, 0.25) is 0 Å². The van der Waals surface area contributed by atoms with E-state index in [1.807, 2.05) is 16.4 Å². The van der Waals surface area contributed by atoms with Crippen molar-refractivity contribution in [3.63, 3.8) is 0 Å². The number of primary amides is 1. The molecule has 7 heteroatoms. The van der Waals surface area contributed by atoms with E-state index in [-0.39, 0.29) is 5.82 Å². The summed E-state index contributed by atoms with van der Waals surface area (Å²) in [6.45, 7) is 3.76. The fourth-order valence-electron chi connectivity index (χ4n) is 2.74. The van der Waals surface area contributed by atoms with Gasteiger partial charge >= 0.3 is 0 Å². The zero-order valence-corrected chi connectivity index (χ0v) is 11.7. The molecule has 3 rings (SSSR count). The highest BCUT2D eigenvalue weighted by Crippen LogP contribution is 2.25. The van der Waals surface area contributed by atoms with Crippen LogP contribution in [0.15, 0.2) is 24.3 Å². The Morgan fingerprint density at radius 1 is 1.29 bits per heavy atom. The summed E-state index contributed by atoms with van der Waals surface area (Å²) in [6, 6.07) is 5.27. The highest BCUT2D eigenvalue weighted by Gasteiger charge is 2.30. The minimum atomic E-state index is -0.587. The Morgan fingerprint density at radius 3 is 2.67 bits per heavy atom. The van der Waals surface area contributed by atoms with Crippen LogP contribution in [0.5, 0.6) is 0 Å². The molecule has 0 saturated heterocycles. The average molecular weight is 289 g/mol. The van der Waals surface area contributed by atoms with Gasteiger partial charge in [-0.2, -0.15) is 0 Å². The van der Waals surface area contributed by atoms with E-state index in [2.05, 4.69) is 10.2 Å². The summed E-state index contributed by atoms with van der Waals surface area (Å²) >= 11 is 0. The summed E-state index contributed by atoms with van der Waals surface area (Å²) in [5, 5.41) is 8.16. The lowest BCUT2D eigenvalue weighted by Gasteiger charge is -2.33. The van der Waals surface area contributed by atoms with Crippen LogP contribution in [-0.4, -0.2) is 32.1 Å². The number of nitrogens with zero attached hydrogens (tertiary/aromatic N) is 4. The van der Waals surface area contributed by atoms with E-state index in [1.165, 1.54) is 12.1 Å². The lowest BCUT2D eigenvalue weighted by Crippen LogP contribution is -2.42. The van der Waals surface area contributed by atoms with E-state index in [0.717, 1.165) is 11.6 Å². The van der Waals surface area contributed by atoms with Crippen molar-refractivity contribution in [2.24, 2.45) is 5.73 Å². The first-order valence-corrected chi connectivity index (χ1v) is 6.74. The molecule has 1 aromatic heterocycles. The molecule has 1 aliphatic rings. The van der Waals surface area contributed by atoms with Crippen molar-refractivity contribution in [3.8, 4) is 0 Å². The van der Waals surface area contributed by atoms with E-state index < -0.39 is 11.9 Å². The van der Waals surface area contributed by atoms with Gasteiger partial charge in [-0.15, -0.1) is 10.2 Å². The number of fused-ring (bicyclic) bond motifs is 1. The molecule has 0 spiro atoms. The van der Waals surface area contributed by atoms with Gasteiger partial charge in [0.15, 0.2) is 0 Å². The number of aryl methyl sites for hydroxylation is 1. The topological polar surface area (TPSA) is 77.0 Å². The first kappa shape index (κ1) is 13.7. The number of nitrogens with two attached hydrogens (primary N) is 1. The fraction of sp³-hybridized carbons (Fsp3) is 0.357. The third kappa shape index (κ3) is 2.52. The van der Waals surface area contributed by atoms with Crippen molar-refractivity contribution < 1.29 is 9.18 Å². The number of halogens is 1. The van der Waals surface area contributed by atoms with Crippen LogP contribution in [0.25, 0.3) is 0 Å². The zero-order chi connectivity index (χ0) is 15.0. The second-order valence-corrected chi connectivity index (χ2v) is 5.14. The van der Waals surface area contributed by atoms with Crippen molar-refractivity contribution in [1.82, 2.24) is 19.7 Å². The van der Waals surface area contributed by atoms with Gasteiger partial charge in [0.25, 0.3) is 0 Å². The maximum absolute atomic E-state index is 13.0. The summed E-state index contributed by atoms with van der Waals surface area (Å²) in [4.78, 5) is 13.8. The molecule has 0 radical (unpaired) electrons. The second kappa shape index (κ2) is 5.25. The standard InChI is InChI=1S/C14H16FN5O/c1-9-17-18-12-8-19(6-7-20(9)12)13(14(16)21)10-2-4-11(15)5-3-10/h2-5,13H,6-8H2,1H3,(H2,16,21)/t13-/m1/s1. The van der Waals surface area contributed by atoms with E-state index in [0.29, 0.717) is 25.2 Å². The lowest BCUT2D eigenvalue weighted by atomic mass is 10.0. The van der Waals surface area contributed by atoms with Crippen LogP contribution in [-0.2, 0) is 17.9 Å². The number of carbonyl (C=O) groups excluding carboxylic acids is 1. The first-order chi connectivity index (χ1) is 10.1. The predicted octanol–water partition coefficient (Wildman–Crippen LogP) is 0.768. The molecule has 2 N–H and O–H groups in total. The molecule has 0 fully saturated rings. The highest BCUT2D eigenvalue weighted by molar-refractivity contribution is 5.81. The van der Waals surface area contributed by atoms with Gasteiger partial charge in [0.1, 0.15) is 23.5 Å². The number of carbonyl (C=O) groups is 1. The molecule has 0 aliphatic carbocycles. The van der Waals surface area contributed by atoms with Gasteiger partial charge in [-0.3, -0.25) is 9.69 Å². The molecular weight excluding hydrogens is 273 g/mol. The summed E-state index contributed by atoms with van der Waals surface area (Å²) < 4.78 is 15.1. The molecule has 0 saturated carbocycles. The number of benzene rings is 1. The molecule has 6 nitrogen and oxygen atoms in total. The van der Waals surface area contributed by atoms with Gasteiger partial charge in [-0.25, -0.2) is 4.39 Å². The van der Waals surface area contributed by atoms with Gasteiger partial charge in [0, 0.05) is 13.1 Å². The maximum Gasteiger partial charge on any atom is 0.239 e. The van der Waals surface area contributed by atoms with Gasteiger partial charge in [-0.05, 0) is 24.6 Å². The molecule has 0 unspecified atom stereocenters. The molecule has 1 aliphatic heterocycles. The Hall–Kier alpha value is -2.28. The van der Waals surface area contributed by atoms with Crippen molar-refractivity contribution in [3.05, 3.63) is 47.3 Å². The average Bonchev–Trinajstić information content (AvgIpc) is 2.82. The summed E-state index contributed by atoms with van der Waals surface area (Å²) in [6.07, 6.45) is 0. The quantitative estimate of drug-likeness (QED) is 0.905. The van der Waals surface area contributed by atoms with Gasteiger partial charge < -0.3 is 10.3 Å². The van der Waals surface area contributed by atoms with Crippen molar-refractivity contribution in [1.29, 1.82) is 0 Å². The zero-order valence-electron chi connectivity index (χ0n) is 11.7. The van der Waals surface area contributed by atoms with Crippen molar-refractivity contribution in [2.45, 2.75) is 26.1 Å². The predicted molar refractivity (Wildman–Crippen MR) is 73.5 cm³/mol. The van der Waals surface area contributed by atoms with Crippen LogP contribution >= 0.6 is 0 Å². The van der Waals surface area contributed by atoms with Crippen LogP contribution in [0, 0.1) is 12.7 Å². The van der Waals surface area contributed by atoms with E-state index in [9.17, 15) is 9.18 Å². The Balaban J connectivity index is 1.89. The van der Waals surface area contributed by atoms with Gasteiger partial charge in [0.05, 0.1) is 6.54 Å². The lowest BCUT2D eigenvalue weighted by molar-refractivity contribution is -0.124. The molecule has 1 aromatic carbocycles. The minimum Gasteiger partial charge on any atom is -0.368 e. The van der Waals surface area contributed by atoms with Gasteiger partial charge in [-0.1, -0.05) is 12.1 Å². The molecule has 2 heterocycles. The molecule has 1 atom stereocenters. The largest absolute Gasteiger partial charge is 0.368 e. The third-order valence-corrected chi connectivity index (χ3v) is 3.79. The number of hydrogen-bond donors (Lipinski definition) is 1. The van der Waals surface area contributed by atoms with Crippen LogP contribution in [0.3, 0.4) is 0 Å². The Bertz CT molecular complexity index is 667. The van der Waals surface area contributed by atoms with E-state index in [4.69, 9.17) is 5.73 Å². The SMILES string of the molecule is Cc1nnc2n1CCN([C@@H](C(N)=O)c1ccc(F)cc1)C2. The molecular formula is C14H16FN5O. The first-order valence-electron chi connectivity index (χ1n) is 6.74. The maximum atomic E-state index is 13.0. The normalized spacial score (nSPS) is 16.5. The Morgan fingerprint density at radius 2 is 2.00 bits per heavy atom. The summed E-state index contributed by atoms with van der Waals surface area (Å²) in [5.41, 5.74) is 6.23. The Labute approximate surface area is 121 Å². The van der Waals surface area contributed by atoms with E-state index >= 15 is 0 Å². The van der Waals surface area contributed by atoms with Crippen LogP contribution in [0.1, 0.15) is 23.3 Å². The number of rotatable bonds is 3. The van der Waals surface area contributed by atoms with Crippen molar-refractivity contribution in [2.75, 3.05) is 6.54 Å². The minimum absolute atomic E-state index is 0.337. The third-order valence-electron chi connectivity index (χ3n) is 3.79. The summed E-state index contributed by atoms with van der Waals surface area (Å²) in [7, 11) is 0. The second-order valence-electron chi connectivity index (χ2n) is 5.14. The summed E-state index contributed by atoms with van der Waals surface area (Å²) in [5.74, 6) is 0.886. The molecule has 2 aromatic rings. The number of hydrogen-bond acceptors (Lipinski definition) is 4. The number of aromatic nitrogens is 3. The molecule has 1 amide bonds. The smallest absolute Gasteiger partial charge is 0.239 e. The van der Waals surface area contributed by atoms with Gasteiger partial charge in [0.2, 0.25) is 5.91 Å². The van der Waals surface area contributed by atoms with Crippen molar-refractivity contribution >= 4 is 5.91 Å². The number of amides is 1.